The second kappa shape index (κ2) is 8.82. The van der Waals surface area contributed by atoms with E-state index in [9.17, 15) is 9.59 Å². The molecule has 30 heavy (non-hydrogen) atoms. The van der Waals surface area contributed by atoms with Gasteiger partial charge in [0.05, 0.1) is 17.2 Å². The van der Waals surface area contributed by atoms with Crippen molar-refractivity contribution < 1.29 is 4.79 Å². The highest BCUT2D eigenvalue weighted by atomic mass is 16.2. The molecule has 5 nitrogen and oxygen atoms in total. The molecule has 1 saturated heterocycles. The van der Waals surface area contributed by atoms with Crippen LogP contribution in [0.25, 0.3) is 10.9 Å². The number of carbonyl (C=O) groups excluding carboxylic acids is 1. The number of nitrogens with zero attached hydrogens (tertiary/aromatic N) is 3. The molecule has 0 unspecified atom stereocenters. The smallest absolute Gasteiger partial charge is 0.261 e. The van der Waals surface area contributed by atoms with E-state index in [1.807, 2.05) is 43.0 Å². The van der Waals surface area contributed by atoms with Crippen LogP contribution in [-0.2, 0) is 11.2 Å². The zero-order chi connectivity index (χ0) is 21.1. The van der Waals surface area contributed by atoms with Crippen molar-refractivity contribution >= 4 is 16.8 Å². The first-order valence-electron chi connectivity index (χ1n) is 10.8. The molecule has 4 rings (SSSR count). The van der Waals surface area contributed by atoms with Crippen LogP contribution in [0, 0.1) is 11.8 Å². The Labute approximate surface area is 177 Å². The Kier molecular flexibility index (Phi) is 5.98. The van der Waals surface area contributed by atoms with Crippen molar-refractivity contribution in [2.45, 2.75) is 39.2 Å². The van der Waals surface area contributed by atoms with Gasteiger partial charge in [-0.05, 0) is 48.8 Å². The lowest BCUT2D eigenvalue weighted by Crippen LogP contribution is -2.46. The molecule has 0 aliphatic carbocycles. The number of likely N-dealkylation sites (tertiary alicyclic amines) is 1. The van der Waals surface area contributed by atoms with Gasteiger partial charge >= 0.3 is 0 Å². The summed E-state index contributed by atoms with van der Waals surface area (Å²) in [5.74, 6) is 0.626. The van der Waals surface area contributed by atoms with Crippen LogP contribution in [0.5, 0.6) is 0 Å². The van der Waals surface area contributed by atoms with E-state index in [4.69, 9.17) is 0 Å². The van der Waals surface area contributed by atoms with Crippen molar-refractivity contribution in [3.63, 3.8) is 0 Å². The Morgan fingerprint density at radius 3 is 2.40 bits per heavy atom. The quantitative estimate of drug-likeness (QED) is 0.645. The minimum Gasteiger partial charge on any atom is -0.341 e. The molecule has 1 atom stereocenters. The van der Waals surface area contributed by atoms with E-state index in [0.717, 1.165) is 32.4 Å². The van der Waals surface area contributed by atoms with Crippen LogP contribution in [0.2, 0.25) is 0 Å². The molecule has 5 heteroatoms. The largest absolute Gasteiger partial charge is 0.341 e. The Balaban J connectivity index is 1.50. The molecule has 1 aromatic heterocycles. The summed E-state index contributed by atoms with van der Waals surface area (Å²) < 4.78 is 1.53. The highest BCUT2D eigenvalue weighted by molar-refractivity contribution is 5.82. The Morgan fingerprint density at radius 2 is 1.70 bits per heavy atom. The van der Waals surface area contributed by atoms with E-state index in [2.05, 4.69) is 29.2 Å². The molecule has 1 aliphatic rings. The zero-order valence-electron chi connectivity index (χ0n) is 17.7. The number of hydrogen-bond acceptors (Lipinski definition) is 3. The number of piperidine rings is 1. The summed E-state index contributed by atoms with van der Waals surface area (Å²) in [6, 6.07) is 17.3. The molecule has 0 N–H and O–H groups in total. The Hall–Kier alpha value is -2.95. The third kappa shape index (κ3) is 4.16. The third-order valence-electron chi connectivity index (χ3n) is 6.17. The number of carbonyl (C=O) groups is 1. The van der Waals surface area contributed by atoms with Gasteiger partial charge in [0.2, 0.25) is 5.91 Å². The number of fused-ring (bicyclic) bond motifs is 1. The van der Waals surface area contributed by atoms with Gasteiger partial charge in [0.1, 0.15) is 6.04 Å². The third-order valence-corrected chi connectivity index (χ3v) is 6.17. The number of rotatable bonds is 5. The van der Waals surface area contributed by atoms with E-state index in [0.29, 0.717) is 16.8 Å². The van der Waals surface area contributed by atoms with E-state index in [1.165, 1.54) is 16.5 Å². The zero-order valence-corrected chi connectivity index (χ0v) is 17.7. The van der Waals surface area contributed by atoms with Crippen LogP contribution >= 0.6 is 0 Å². The fourth-order valence-electron chi connectivity index (χ4n) is 4.50. The van der Waals surface area contributed by atoms with Crippen LogP contribution in [0.3, 0.4) is 0 Å². The number of hydrogen-bond donors (Lipinski definition) is 0. The van der Waals surface area contributed by atoms with Crippen molar-refractivity contribution in [1.82, 2.24) is 14.5 Å². The molecular weight excluding hydrogens is 374 g/mol. The minimum absolute atomic E-state index is 0.000189. The summed E-state index contributed by atoms with van der Waals surface area (Å²) in [5.41, 5.74) is 1.87. The summed E-state index contributed by atoms with van der Waals surface area (Å²) in [7, 11) is 0. The van der Waals surface area contributed by atoms with Crippen molar-refractivity contribution in [2.24, 2.45) is 11.8 Å². The number of amides is 1. The molecule has 0 spiro atoms. The summed E-state index contributed by atoms with van der Waals surface area (Å²) in [4.78, 5) is 32.9. The van der Waals surface area contributed by atoms with Gasteiger partial charge in [-0.15, -0.1) is 0 Å². The minimum atomic E-state index is -0.528. The molecule has 1 aliphatic heterocycles. The SMILES string of the molecule is CC(C)[C@@H](C(=O)N1CCC(Cc2ccccc2)CC1)n1cnc2ccccc2c1=O. The average molecular weight is 404 g/mol. The first-order chi connectivity index (χ1) is 14.5. The number of aromatic nitrogens is 2. The Bertz CT molecular complexity index is 1070. The molecule has 1 amide bonds. The fraction of sp³-hybridized carbons (Fsp3) is 0.400. The first-order valence-corrected chi connectivity index (χ1v) is 10.8. The van der Waals surface area contributed by atoms with Crippen molar-refractivity contribution in [1.29, 1.82) is 0 Å². The maximum Gasteiger partial charge on any atom is 0.261 e. The second-order valence-corrected chi connectivity index (χ2v) is 8.62. The topological polar surface area (TPSA) is 55.2 Å². The molecule has 0 saturated carbocycles. The molecule has 0 radical (unpaired) electrons. The van der Waals surface area contributed by atoms with Gasteiger partial charge in [-0.25, -0.2) is 4.98 Å². The molecule has 3 aromatic rings. The predicted octanol–water partition coefficient (Wildman–Crippen LogP) is 4.07. The van der Waals surface area contributed by atoms with E-state index < -0.39 is 6.04 Å². The molecule has 0 bridgehead atoms. The maximum absolute atomic E-state index is 13.4. The van der Waals surface area contributed by atoms with Gasteiger partial charge in [-0.2, -0.15) is 0 Å². The van der Waals surface area contributed by atoms with Crippen molar-refractivity contribution in [3.8, 4) is 0 Å². The van der Waals surface area contributed by atoms with Crippen molar-refractivity contribution in [2.75, 3.05) is 13.1 Å². The summed E-state index contributed by atoms with van der Waals surface area (Å²) >= 11 is 0. The first kappa shape index (κ1) is 20.3. The number of para-hydroxylation sites is 1. The maximum atomic E-state index is 13.4. The molecule has 156 valence electrons. The van der Waals surface area contributed by atoms with Gasteiger partial charge in [-0.3, -0.25) is 14.2 Å². The molecular formula is C25H29N3O2. The standard InChI is InChI=1S/C25H29N3O2/c1-18(2)23(28-17-26-22-11-7-6-10-21(22)24(28)29)25(30)27-14-12-20(13-15-27)16-19-8-4-3-5-9-19/h3-11,17-18,20,23H,12-16H2,1-2H3/t23-/m0/s1. The highest BCUT2D eigenvalue weighted by Crippen LogP contribution is 2.26. The van der Waals surface area contributed by atoms with E-state index >= 15 is 0 Å². The predicted molar refractivity (Wildman–Crippen MR) is 119 cm³/mol. The van der Waals surface area contributed by atoms with Gasteiger partial charge in [0, 0.05) is 13.1 Å². The monoisotopic (exact) mass is 403 g/mol. The van der Waals surface area contributed by atoms with E-state index in [-0.39, 0.29) is 17.4 Å². The summed E-state index contributed by atoms with van der Waals surface area (Å²) in [5, 5.41) is 0.556. The highest BCUT2D eigenvalue weighted by Gasteiger charge is 2.32. The van der Waals surface area contributed by atoms with Crippen molar-refractivity contribution in [3.05, 3.63) is 76.8 Å². The van der Waals surface area contributed by atoms with Crippen LogP contribution in [0.4, 0.5) is 0 Å². The summed E-state index contributed by atoms with van der Waals surface area (Å²) in [6.07, 6.45) is 4.59. The molecule has 2 heterocycles. The fourth-order valence-corrected chi connectivity index (χ4v) is 4.50. The van der Waals surface area contributed by atoms with Crippen LogP contribution in [0.1, 0.15) is 38.3 Å². The van der Waals surface area contributed by atoms with Gasteiger partial charge < -0.3 is 4.90 Å². The Morgan fingerprint density at radius 1 is 1.03 bits per heavy atom. The van der Waals surface area contributed by atoms with Gasteiger partial charge in [0.25, 0.3) is 5.56 Å². The summed E-state index contributed by atoms with van der Waals surface area (Å²) in [6.45, 7) is 5.48. The van der Waals surface area contributed by atoms with Crippen LogP contribution in [-0.4, -0.2) is 33.4 Å². The molecule has 1 fully saturated rings. The molecule has 2 aromatic carbocycles. The second-order valence-electron chi connectivity index (χ2n) is 8.62. The normalized spacial score (nSPS) is 16.2. The average Bonchev–Trinajstić information content (AvgIpc) is 2.76. The van der Waals surface area contributed by atoms with Crippen LogP contribution < -0.4 is 5.56 Å². The van der Waals surface area contributed by atoms with Crippen LogP contribution in [0.15, 0.2) is 65.7 Å². The van der Waals surface area contributed by atoms with Gasteiger partial charge in [-0.1, -0.05) is 56.3 Å². The lowest BCUT2D eigenvalue weighted by atomic mass is 9.89. The lowest BCUT2D eigenvalue weighted by Gasteiger charge is -2.35. The van der Waals surface area contributed by atoms with E-state index in [1.54, 1.807) is 6.07 Å². The number of benzene rings is 2. The van der Waals surface area contributed by atoms with Gasteiger partial charge in [0.15, 0.2) is 0 Å². The lowest BCUT2D eigenvalue weighted by molar-refractivity contribution is -0.137.